The second-order valence-corrected chi connectivity index (χ2v) is 8.12. The summed E-state index contributed by atoms with van der Waals surface area (Å²) in [5.74, 6) is 0.965. The largest absolute Gasteiger partial charge is 0.497 e. The van der Waals surface area contributed by atoms with Gasteiger partial charge in [0.2, 0.25) is 0 Å². The third-order valence-electron chi connectivity index (χ3n) is 5.79. The summed E-state index contributed by atoms with van der Waals surface area (Å²) in [5, 5.41) is 0. The summed E-state index contributed by atoms with van der Waals surface area (Å²) >= 11 is 0. The van der Waals surface area contributed by atoms with Gasteiger partial charge in [0.25, 0.3) is 11.8 Å². The molecule has 0 bridgehead atoms. The highest BCUT2D eigenvalue weighted by Crippen LogP contribution is 2.26. The van der Waals surface area contributed by atoms with Gasteiger partial charge in [-0.2, -0.15) is 0 Å². The van der Waals surface area contributed by atoms with E-state index in [4.69, 9.17) is 9.72 Å². The number of fused-ring (bicyclic) bond motifs is 1. The zero-order valence-electron chi connectivity index (χ0n) is 19.9. The minimum Gasteiger partial charge on any atom is -0.497 e. The lowest BCUT2D eigenvalue weighted by molar-refractivity contribution is 0.0784. The van der Waals surface area contributed by atoms with Crippen molar-refractivity contribution in [2.45, 2.75) is 19.9 Å². The number of aromatic nitrogens is 2. The fourth-order valence-electron chi connectivity index (χ4n) is 4.00. The monoisotopic (exact) mass is 456 g/mol. The van der Waals surface area contributed by atoms with Crippen molar-refractivity contribution in [3.8, 4) is 5.75 Å². The molecule has 7 nitrogen and oxygen atoms in total. The number of hydrogen-bond acceptors (Lipinski definition) is 4. The average molecular weight is 457 g/mol. The maximum atomic E-state index is 13.3. The lowest BCUT2D eigenvalue weighted by Crippen LogP contribution is -2.29. The Morgan fingerprint density at radius 1 is 0.941 bits per heavy atom. The van der Waals surface area contributed by atoms with Crippen LogP contribution in [0.1, 0.15) is 38.9 Å². The van der Waals surface area contributed by atoms with Crippen molar-refractivity contribution in [3.05, 3.63) is 95.3 Å². The first-order chi connectivity index (χ1) is 16.4. The molecule has 0 aliphatic rings. The molecule has 7 heteroatoms. The number of amides is 2. The third-order valence-corrected chi connectivity index (χ3v) is 5.79. The molecule has 0 aliphatic carbocycles. The van der Waals surface area contributed by atoms with E-state index < -0.39 is 0 Å². The fraction of sp³-hybridized carbons (Fsp3) is 0.222. The van der Waals surface area contributed by atoms with Crippen LogP contribution in [0.3, 0.4) is 0 Å². The zero-order chi connectivity index (χ0) is 24.2. The number of nitrogens with zero attached hydrogens (tertiary/aromatic N) is 4. The Morgan fingerprint density at radius 3 is 2.41 bits per heavy atom. The van der Waals surface area contributed by atoms with Gasteiger partial charge in [-0.1, -0.05) is 43.3 Å². The molecule has 2 heterocycles. The molecule has 4 aromatic rings. The topological polar surface area (TPSA) is 67.2 Å². The van der Waals surface area contributed by atoms with Gasteiger partial charge in [-0.15, -0.1) is 0 Å². The van der Waals surface area contributed by atoms with E-state index in [0.29, 0.717) is 41.3 Å². The standard InChI is InChI=1S/C27H28N4O3/c1-5-23-25(30(3)27(33)20-12-9-13-22(16-20)34-4)31-18-21(14-15-24(31)28-23)26(32)29(2)17-19-10-7-6-8-11-19/h6-16,18H,5,17H2,1-4H3. The van der Waals surface area contributed by atoms with Crippen LogP contribution in [-0.2, 0) is 13.0 Å². The summed E-state index contributed by atoms with van der Waals surface area (Å²) in [6.45, 7) is 2.50. The first-order valence-corrected chi connectivity index (χ1v) is 11.2. The minimum absolute atomic E-state index is 0.106. The Labute approximate surface area is 199 Å². The first-order valence-electron chi connectivity index (χ1n) is 11.2. The van der Waals surface area contributed by atoms with Crippen molar-refractivity contribution in [2.75, 3.05) is 26.1 Å². The molecule has 0 unspecified atom stereocenters. The van der Waals surface area contributed by atoms with Crippen molar-refractivity contribution < 1.29 is 14.3 Å². The van der Waals surface area contributed by atoms with E-state index in [1.165, 1.54) is 0 Å². The highest BCUT2D eigenvalue weighted by Gasteiger charge is 2.23. The van der Waals surface area contributed by atoms with Crippen LogP contribution in [0.5, 0.6) is 5.75 Å². The average Bonchev–Trinajstić information content (AvgIpc) is 3.25. The van der Waals surface area contributed by atoms with Crippen LogP contribution < -0.4 is 9.64 Å². The summed E-state index contributed by atoms with van der Waals surface area (Å²) < 4.78 is 7.09. The van der Waals surface area contributed by atoms with Crippen LogP contribution in [0.25, 0.3) is 5.65 Å². The van der Waals surface area contributed by atoms with E-state index in [1.807, 2.05) is 47.7 Å². The van der Waals surface area contributed by atoms with Gasteiger partial charge in [0.15, 0.2) is 0 Å². The highest BCUT2D eigenvalue weighted by atomic mass is 16.5. The molecular weight excluding hydrogens is 428 g/mol. The molecule has 2 amide bonds. The summed E-state index contributed by atoms with van der Waals surface area (Å²) in [5.41, 5.74) is 3.54. The first kappa shape index (κ1) is 23.0. The Kier molecular flexibility index (Phi) is 6.63. The van der Waals surface area contributed by atoms with E-state index >= 15 is 0 Å². The number of anilines is 1. The molecule has 0 fully saturated rings. The van der Waals surface area contributed by atoms with Crippen LogP contribution in [0, 0.1) is 0 Å². The maximum absolute atomic E-state index is 13.3. The van der Waals surface area contributed by atoms with E-state index in [9.17, 15) is 9.59 Å². The van der Waals surface area contributed by atoms with Crippen LogP contribution in [-0.4, -0.2) is 47.3 Å². The minimum atomic E-state index is -0.187. The van der Waals surface area contributed by atoms with Gasteiger partial charge in [0, 0.05) is 32.4 Å². The molecule has 0 saturated carbocycles. The molecule has 0 saturated heterocycles. The molecule has 0 N–H and O–H groups in total. The second kappa shape index (κ2) is 9.79. The maximum Gasteiger partial charge on any atom is 0.259 e. The van der Waals surface area contributed by atoms with Crippen molar-refractivity contribution in [3.63, 3.8) is 0 Å². The number of pyridine rings is 1. The second-order valence-electron chi connectivity index (χ2n) is 8.12. The number of rotatable bonds is 7. The third kappa shape index (κ3) is 4.50. The van der Waals surface area contributed by atoms with Gasteiger partial charge in [-0.25, -0.2) is 4.98 Å². The number of carbonyl (C=O) groups is 2. The van der Waals surface area contributed by atoms with Crippen molar-refractivity contribution >= 4 is 23.3 Å². The van der Waals surface area contributed by atoms with Gasteiger partial charge in [-0.3, -0.25) is 18.9 Å². The molecule has 0 atom stereocenters. The normalized spacial score (nSPS) is 10.8. The van der Waals surface area contributed by atoms with Crippen LogP contribution in [0.4, 0.5) is 5.82 Å². The Morgan fingerprint density at radius 2 is 1.71 bits per heavy atom. The number of aryl methyl sites for hydroxylation is 1. The zero-order valence-corrected chi connectivity index (χ0v) is 19.9. The lowest BCUT2D eigenvalue weighted by atomic mass is 10.2. The van der Waals surface area contributed by atoms with Gasteiger partial charge < -0.3 is 9.64 Å². The predicted molar refractivity (Wildman–Crippen MR) is 133 cm³/mol. The highest BCUT2D eigenvalue weighted by molar-refractivity contribution is 6.06. The summed E-state index contributed by atoms with van der Waals surface area (Å²) in [6.07, 6.45) is 2.40. The molecule has 0 radical (unpaired) electrons. The number of methoxy groups -OCH3 is 1. The quantitative estimate of drug-likeness (QED) is 0.412. The van der Waals surface area contributed by atoms with Gasteiger partial charge >= 0.3 is 0 Å². The SMILES string of the molecule is CCc1nc2ccc(C(=O)N(C)Cc3ccccc3)cn2c1N(C)C(=O)c1cccc(OC)c1. The van der Waals surface area contributed by atoms with E-state index in [-0.39, 0.29) is 11.8 Å². The summed E-state index contributed by atoms with van der Waals surface area (Å²) in [4.78, 5) is 34.4. The number of carbonyl (C=O) groups excluding carboxylic acids is 2. The Bertz CT molecular complexity index is 1330. The molecular formula is C27H28N4O3. The Balaban J connectivity index is 1.68. The molecule has 0 spiro atoms. The van der Waals surface area contributed by atoms with Gasteiger partial charge in [0.05, 0.1) is 18.4 Å². The van der Waals surface area contributed by atoms with Crippen LogP contribution in [0.2, 0.25) is 0 Å². The summed E-state index contributed by atoms with van der Waals surface area (Å²) in [6, 6.07) is 20.5. The van der Waals surface area contributed by atoms with Crippen LogP contribution in [0.15, 0.2) is 72.9 Å². The van der Waals surface area contributed by atoms with Gasteiger partial charge in [0.1, 0.15) is 17.2 Å². The Hall–Kier alpha value is -4.13. The van der Waals surface area contributed by atoms with Crippen molar-refractivity contribution in [1.82, 2.24) is 14.3 Å². The van der Waals surface area contributed by atoms with E-state index in [0.717, 1.165) is 11.3 Å². The molecule has 2 aromatic carbocycles. The van der Waals surface area contributed by atoms with E-state index in [2.05, 4.69) is 0 Å². The lowest BCUT2D eigenvalue weighted by Gasteiger charge is -2.20. The number of ether oxygens (including phenoxy) is 1. The smallest absolute Gasteiger partial charge is 0.259 e. The molecule has 2 aromatic heterocycles. The molecule has 174 valence electrons. The molecule has 4 rings (SSSR count). The molecule has 34 heavy (non-hydrogen) atoms. The predicted octanol–water partition coefficient (Wildman–Crippen LogP) is 4.45. The van der Waals surface area contributed by atoms with Crippen molar-refractivity contribution in [2.24, 2.45) is 0 Å². The number of benzene rings is 2. The van der Waals surface area contributed by atoms with Crippen molar-refractivity contribution in [1.29, 1.82) is 0 Å². The molecule has 0 aliphatic heterocycles. The summed E-state index contributed by atoms with van der Waals surface area (Å²) in [7, 11) is 5.07. The van der Waals surface area contributed by atoms with Crippen LogP contribution >= 0.6 is 0 Å². The number of imidazole rings is 1. The van der Waals surface area contributed by atoms with Gasteiger partial charge in [-0.05, 0) is 42.3 Å². The van der Waals surface area contributed by atoms with E-state index in [1.54, 1.807) is 67.5 Å². The fourth-order valence-corrected chi connectivity index (χ4v) is 4.00. The number of hydrogen-bond donors (Lipinski definition) is 0.